The van der Waals surface area contributed by atoms with E-state index >= 15 is 0 Å². The summed E-state index contributed by atoms with van der Waals surface area (Å²) in [6, 6.07) is 8.83. The summed E-state index contributed by atoms with van der Waals surface area (Å²) >= 11 is 0. The fourth-order valence-corrected chi connectivity index (χ4v) is 4.08. The summed E-state index contributed by atoms with van der Waals surface area (Å²) in [5.74, 6) is -0.366. The summed E-state index contributed by atoms with van der Waals surface area (Å²) in [4.78, 5) is 38.4. The first-order chi connectivity index (χ1) is 14.5. The summed E-state index contributed by atoms with van der Waals surface area (Å²) in [6.45, 7) is 6.11. The highest BCUT2D eigenvalue weighted by Crippen LogP contribution is 2.17. The molecule has 3 amide bonds. The van der Waals surface area contributed by atoms with E-state index in [0.717, 1.165) is 31.6 Å². The van der Waals surface area contributed by atoms with Crippen LogP contribution in [0.2, 0.25) is 0 Å². The van der Waals surface area contributed by atoms with Crippen molar-refractivity contribution in [1.29, 1.82) is 0 Å². The van der Waals surface area contributed by atoms with Crippen LogP contribution < -0.4 is 20.9 Å². The molecule has 0 spiro atoms. The van der Waals surface area contributed by atoms with Crippen molar-refractivity contribution in [2.45, 2.75) is 39.2 Å². The number of quaternary nitrogens is 1. The Labute approximate surface area is 177 Å². The SMILES string of the molecule is CCOC(=O)C1=C(C[NH+]2CCC(C(=O)Nc3ccccc3)CC2)NC(=O)N[C@@H]1CC. The molecule has 2 aliphatic heterocycles. The number of para-hydroxylation sites is 1. The number of piperidine rings is 1. The maximum Gasteiger partial charge on any atom is 0.338 e. The van der Waals surface area contributed by atoms with Gasteiger partial charge >= 0.3 is 12.0 Å². The number of esters is 1. The maximum atomic E-state index is 12.5. The molecule has 8 heteroatoms. The molecule has 4 N–H and O–H groups in total. The van der Waals surface area contributed by atoms with E-state index in [4.69, 9.17) is 4.74 Å². The van der Waals surface area contributed by atoms with Gasteiger partial charge in [-0.2, -0.15) is 0 Å². The minimum Gasteiger partial charge on any atom is -0.463 e. The van der Waals surface area contributed by atoms with Crippen LogP contribution in [0, 0.1) is 5.92 Å². The molecule has 0 aliphatic carbocycles. The van der Waals surface area contributed by atoms with E-state index in [-0.39, 0.29) is 36.5 Å². The smallest absolute Gasteiger partial charge is 0.338 e. The standard InChI is InChI=1S/C22H30N4O4/c1-3-17-19(21(28)30-4-2)18(25-22(29)24-17)14-26-12-10-15(11-13-26)20(27)23-16-8-6-5-7-9-16/h5-9,15,17H,3-4,10-14H2,1-2H3,(H,23,27)(H2,24,25,29)/p+1/t17-/m1/s1. The van der Waals surface area contributed by atoms with Gasteiger partial charge in [-0.05, 0) is 25.5 Å². The number of urea groups is 1. The highest BCUT2D eigenvalue weighted by atomic mass is 16.5. The van der Waals surface area contributed by atoms with E-state index < -0.39 is 0 Å². The van der Waals surface area contributed by atoms with Crippen LogP contribution in [0.5, 0.6) is 0 Å². The second-order valence-corrected chi connectivity index (χ2v) is 7.73. The maximum absolute atomic E-state index is 12.5. The van der Waals surface area contributed by atoms with Crippen LogP contribution in [0.25, 0.3) is 0 Å². The third kappa shape index (κ3) is 5.38. The molecular weight excluding hydrogens is 384 g/mol. The first-order valence-electron chi connectivity index (χ1n) is 10.7. The Morgan fingerprint density at radius 3 is 2.50 bits per heavy atom. The molecule has 0 aromatic heterocycles. The zero-order chi connectivity index (χ0) is 21.5. The number of anilines is 1. The van der Waals surface area contributed by atoms with E-state index in [1.807, 2.05) is 37.3 Å². The topological polar surface area (TPSA) is 101 Å². The molecule has 1 atom stereocenters. The van der Waals surface area contributed by atoms with Crippen LogP contribution in [-0.4, -0.2) is 50.2 Å². The molecule has 3 rings (SSSR count). The lowest BCUT2D eigenvalue weighted by Gasteiger charge is -2.32. The van der Waals surface area contributed by atoms with Gasteiger partial charge in [0.25, 0.3) is 0 Å². The predicted molar refractivity (Wildman–Crippen MR) is 113 cm³/mol. The summed E-state index contributed by atoms with van der Waals surface area (Å²) in [7, 11) is 0. The number of hydrogen-bond donors (Lipinski definition) is 4. The van der Waals surface area contributed by atoms with Gasteiger partial charge in [0.05, 0.1) is 37.0 Å². The van der Waals surface area contributed by atoms with Gasteiger partial charge in [0.1, 0.15) is 6.54 Å². The number of carbonyl (C=O) groups excluding carboxylic acids is 3. The average molecular weight is 416 g/mol. The van der Waals surface area contributed by atoms with Gasteiger partial charge in [0.15, 0.2) is 0 Å². The lowest BCUT2D eigenvalue weighted by atomic mass is 9.94. The first kappa shape index (κ1) is 21.8. The summed E-state index contributed by atoms with van der Waals surface area (Å²) in [5, 5.41) is 8.59. The van der Waals surface area contributed by atoms with Gasteiger partial charge in [-0.15, -0.1) is 0 Å². The van der Waals surface area contributed by atoms with E-state index in [9.17, 15) is 14.4 Å². The van der Waals surface area contributed by atoms with Crippen LogP contribution >= 0.6 is 0 Å². The van der Waals surface area contributed by atoms with Crippen molar-refractivity contribution < 1.29 is 24.0 Å². The Morgan fingerprint density at radius 2 is 1.87 bits per heavy atom. The molecule has 0 saturated carbocycles. The van der Waals surface area contributed by atoms with Gasteiger partial charge < -0.3 is 25.6 Å². The third-order valence-corrected chi connectivity index (χ3v) is 5.68. The van der Waals surface area contributed by atoms with Crippen molar-refractivity contribution in [2.75, 3.05) is 31.6 Å². The normalized spacial score (nSPS) is 23.9. The molecular formula is C22H31N4O4+. The number of carbonyl (C=O) groups is 3. The molecule has 1 aromatic carbocycles. The Morgan fingerprint density at radius 1 is 1.17 bits per heavy atom. The quantitative estimate of drug-likeness (QED) is 0.496. The molecule has 8 nitrogen and oxygen atoms in total. The van der Waals surface area contributed by atoms with E-state index in [2.05, 4.69) is 16.0 Å². The number of rotatable bonds is 7. The number of likely N-dealkylation sites (tertiary alicyclic amines) is 1. The molecule has 30 heavy (non-hydrogen) atoms. The number of nitrogens with one attached hydrogen (secondary N) is 4. The molecule has 0 radical (unpaired) electrons. The van der Waals surface area contributed by atoms with Gasteiger partial charge in [-0.3, -0.25) is 4.79 Å². The van der Waals surface area contributed by atoms with Crippen molar-refractivity contribution in [2.24, 2.45) is 5.92 Å². The predicted octanol–water partition coefficient (Wildman–Crippen LogP) is 0.829. The van der Waals surface area contributed by atoms with Gasteiger partial charge in [-0.1, -0.05) is 25.1 Å². The van der Waals surface area contributed by atoms with Crippen molar-refractivity contribution in [3.8, 4) is 0 Å². The fraction of sp³-hybridized carbons (Fsp3) is 0.500. The van der Waals surface area contributed by atoms with E-state index in [1.54, 1.807) is 6.92 Å². The Bertz CT molecular complexity index is 801. The molecule has 1 saturated heterocycles. The highest BCUT2D eigenvalue weighted by molar-refractivity contribution is 5.95. The lowest BCUT2D eigenvalue weighted by molar-refractivity contribution is -0.901. The Hall–Kier alpha value is -2.87. The average Bonchev–Trinajstić information content (AvgIpc) is 2.74. The molecule has 2 aliphatic rings. The van der Waals surface area contributed by atoms with Crippen LogP contribution in [0.3, 0.4) is 0 Å². The monoisotopic (exact) mass is 415 g/mol. The van der Waals surface area contributed by atoms with Crippen molar-refractivity contribution in [3.05, 3.63) is 41.6 Å². The zero-order valence-electron chi connectivity index (χ0n) is 17.6. The van der Waals surface area contributed by atoms with E-state index in [1.165, 1.54) is 4.90 Å². The van der Waals surface area contributed by atoms with Crippen LogP contribution in [-0.2, 0) is 14.3 Å². The van der Waals surface area contributed by atoms with Gasteiger partial charge in [0, 0.05) is 24.4 Å². The minimum absolute atomic E-state index is 0.0292. The fourth-order valence-electron chi connectivity index (χ4n) is 4.08. The number of hydrogen-bond acceptors (Lipinski definition) is 4. The molecule has 162 valence electrons. The van der Waals surface area contributed by atoms with Crippen LogP contribution in [0.15, 0.2) is 41.6 Å². The second-order valence-electron chi connectivity index (χ2n) is 7.73. The molecule has 0 bridgehead atoms. The summed E-state index contributed by atoms with van der Waals surface area (Å²) < 4.78 is 5.22. The summed E-state index contributed by atoms with van der Waals surface area (Å²) in [5.41, 5.74) is 1.95. The van der Waals surface area contributed by atoms with Crippen LogP contribution in [0.1, 0.15) is 33.1 Å². The van der Waals surface area contributed by atoms with Gasteiger partial charge in [-0.25, -0.2) is 9.59 Å². The Kier molecular flexibility index (Phi) is 7.46. The number of benzene rings is 1. The number of amides is 3. The first-order valence-corrected chi connectivity index (χ1v) is 10.7. The summed E-state index contributed by atoms with van der Waals surface area (Å²) in [6.07, 6.45) is 2.14. The van der Waals surface area contributed by atoms with Gasteiger partial charge in [0.2, 0.25) is 5.91 Å². The van der Waals surface area contributed by atoms with Crippen molar-refractivity contribution in [1.82, 2.24) is 10.6 Å². The second kappa shape index (κ2) is 10.2. The zero-order valence-corrected chi connectivity index (χ0v) is 17.6. The largest absolute Gasteiger partial charge is 0.463 e. The van der Waals surface area contributed by atoms with Crippen molar-refractivity contribution >= 4 is 23.6 Å². The van der Waals surface area contributed by atoms with E-state index in [0.29, 0.717) is 24.2 Å². The third-order valence-electron chi connectivity index (χ3n) is 5.68. The highest BCUT2D eigenvalue weighted by Gasteiger charge is 2.35. The van der Waals surface area contributed by atoms with Crippen LogP contribution in [0.4, 0.5) is 10.5 Å². The van der Waals surface area contributed by atoms with Crippen molar-refractivity contribution in [3.63, 3.8) is 0 Å². The molecule has 1 aromatic rings. The molecule has 0 unspecified atom stereocenters. The Balaban J connectivity index is 1.62. The molecule has 2 heterocycles. The lowest BCUT2D eigenvalue weighted by Crippen LogP contribution is -3.13. The number of ether oxygens (including phenoxy) is 1. The molecule has 1 fully saturated rings. The minimum atomic E-state index is -0.386.